The van der Waals surface area contributed by atoms with Crippen LogP contribution < -0.4 is 0 Å². The Kier molecular flexibility index (Phi) is 5.57. The fourth-order valence-corrected chi connectivity index (χ4v) is 3.79. The van der Waals surface area contributed by atoms with Crippen molar-refractivity contribution in [1.29, 1.82) is 0 Å². The summed E-state index contributed by atoms with van der Waals surface area (Å²) >= 11 is 6.25. The molecule has 1 aliphatic heterocycles. The van der Waals surface area contributed by atoms with Gasteiger partial charge in [-0.1, -0.05) is 48.2 Å². The van der Waals surface area contributed by atoms with E-state index in [-0.39, 0.29) is 16.4 Å². The van der Waals surface area contributed by atoms with Crippen LogP contribution in [0.3, 0.4) is 0 Å². The van der Waals surface area contributed by atoms with E-state index in [1.54, 1.807) is 18.2 Å². The maximum atomic E-state index is 12.9. The van der Waals surface area contributed by atoms with Crippen LogP contribution in [-0.4, -0.2) is 26.2 Å². The number of benzene rings is 2. The largest absolute Gasteiger partial charge is 0.478 e. The van der Waals surface area contributed by atoms with Gasteiger partial charge in [-0.15, -0.1) is 0 Å². The van der Waals surface area contributed by atoms with E-state index in [2.05, 4.69) is 0 Å². The van der Waals surface area contributed by atoms with E-state index in [4.69, 9.17) is 17.3 Å². The van der Waals surface area contributed by atoms with Gasteiger partial charge in [0.1, 0.15) is 4.32 Å². The maximum absolute atomic E-state index is 12.9. The lowest BCUT2D eigenvalue weighted by atomic mass is 10.1. The lowest BCUT2D eigenvalue weighted by molar-refractivity contribution is -0.137. The second kappa shape index (κ2) is 7.76. The van der Waals surface area contributed by atoms with E-state index < -0.39 is 23.6 Å². The average Bonchev–Trinajstić information content (AvgIpc) is 2.89. The summed E-state index contributed by atoms with van der Waals surface area (Å²) in [6, 6.07) is 10.7. The summed E-state index contributed by atoms with van der Waals surface area (Å²) in [5.41, 5.74) is 0.265. The third-order valence-corrected chi connectivity index (χ3v) is 5.30. The van der Waals surface area contributed by atoms with Crippen LogP contribution in [0.1, 0.15) is 27.0 Å². The van der Waals surface area contributed by atoms with Crippen LogP contribution in [0.2, 0.25) is 0 Å². The average molecular weight is 423 g/mol. The molecule has 1 aliphatic rings. The molecule has 0 unspecified atom stereocenters. The highest BCUT2D eigenvalue weighted by molar-refractivity contribution is 8.26. The Morgan fingerprint density at radius 2 is 1.86 bits per heavy atom. The number of rotatable bonds is 4. The van der Waals surface area contributed by atoms with Crippen molar-refractivity contribution in [2.45, 2.75) is 12.7 Å². The monoisotopic (exact) mass is 423 g/mol. The number of hydrogen-bond acceptors (Lipinski definition) is 4. The molecule has 1 saturated heterocycles. The summed E-state index contributed by atoms with van der Waals surface area (Å²) in [6.07, 6.45) is -2.90. The van der Waals surface area contributed by atoms with Crippen molar-refractivity contribution < 1.29 is 27.9 Å². The van der Waals surface area contributed by atoms with Crippen molar-refractivity contribution in [3.8, 4) is 0 Å². The normalized spacial score (nSPS) is 16.1. The summed E-state index contributed by atoms with van der Waals surface area (Å²) in [4.78, 5) is 25.1. The molecule has 1 heterocycles. The predicted molar refractivity (Wildman–Crippen MR) is 104 cm³/mol. The molecule has 0 saturated carbocycles. The van der Waals surface area contributed by atoms with E-state index in [1.807, 2.05) is 0 Å². The van der Waals surface area contributed by atoms with Crippen molar-refractivity contribution in [3.63, 3.8) is 0 Å². The molecule has 0 aromatic heterocycles. The summed E-state index contributed by atoms with van der Waals surface area (Å²) in [5.74, 6) is -1.46. The van der Waals surface area contributed by atoms with E-state index in [9.17, 15) is 22.8 Å². The molecular formula is C19H12F3NO3S2. The fraction of sp³-hybridized carbons (Fsp3) is 0.105. The molecular weight excluding hydrogens is 411 g/mol. The van der Waals surface area contributed by atoms with Gasteiger partial charge >= 0.3 is 12.1 Å². The van der Waals surface area contributed by atoms with Crippen LogP contribution in [0, 0.1) is 0 Å². The molecule has 0 spiro atoms. The molecule has 0 radical (unpaired) electrons. The van der Waals surface area contributed by atoms with Gasteiger partial charge in [0, 0.05) is 0 Å². The van der Waals surface area contributed by atoms with Crippen molar-refractivity contribution in [3.05, 3.63) is 75.7 Å². The lowest BCUT2D eigenvalue weighted by Gasteiger charge is -2.15. The van der Waals surface area contributed by atoms with E-state index in [0.29, 0.717) is 16.0 Å². The number of carbonyl (C=O) groups excluding carboxylic acids is 1. The number of amides is 1. The number of halogens is 3. The molecule has 28 heavy (non-hydrogen) atoms. The van der Waals surface area contributed by atoms with Gasteiger partial charge in [0.2, 0.25) is 0 Å². The quantitative estimate of drug-likeness (QED) is 0.565. The third kappa shape index (κ3) is 4.42. The third-order valence-electron chi connectivity index (χ3n) is 3.92. The van der Waals surface area contributed by atoms with Gasteiger partial charge in [-0.05, 0) is 41.5 Å². The number of carboxylic acids is 1. The minimum Gasteiger partial charge on any atom is -0.478 e. The Morgan fingerprint density at radius 3 is 2.46 bits per heavy atom. The number of thiocarbonyl (C=S) groups is 1. The summed E-state index contributed by atoms with van der Waals surface area (Å²) in [6.45, 7) is -0.0656. The predicted octanol–water partition coefficient (Wildman–Crippen LogP) is 4.81. The standard InChI is InChI=1S/C19H12F3NO3S2/c20-19(21,22)14-3-1-2-12(8-14)10-23-16(24)15(28-18(23)27)9-11-4-6-13(7-5-11)17(25)26/h1-9H,10H2,(H,25,26)/b15-9+. The molecule has 1 amide bonds. The number of carbonyl (C=O) groups is 2. The van der Waals surface area contributed by atoms with Crippen molar-refractivity contribution >= 4 is 46.3 Å². The molecule has 144 valence electrons. The van der Waals surface area contributed by atoms with Crippen LogP contribution in [0.5, 0.6) is 0 Å². The smallest absolute Gasteiger partial charge is 0.416 e. The topological polar surface area (TPSA) is 57.6 Å². The molecule has 1 fully saturated rings. The minimum atomic E-state index is -4.46. The number of nitrogens with zero attached hydrogens (tertiary/aromatic N) is 1. The van der Waals surface area contributed by atoms with Gasteiger partial charge in [0.25, 0.3) is 5.91 Å². The highest BCUT2D eigenvalue weighted by atomic mass is 32.2. The zero-order chi connectivity index (χ0) is 20.5. The van der Waals surface area contributed by atoms with Crippen LogP contribution >= 0.6 is 24.0 Å². The Balaban J connectivity index is 1.79. The number of alkyl halides is 3. The molecule has 2 aromatic carbocycles. The maximum Gasteiger partial charge on any atom is 0.416 e. The zero-order valence-electron chi connectivity index (χ0n) is 14.1. The zero-order valence-corrected chi connectivity index (χ0v) is 15.7. The van der Waals surface area contributed by atoms with Gasteiger partial charge in [0.15, 0.2) is 0 Å². The molecule has 0 atom stereocenters. The van der Waals surface area contributed by atoms with E-state index >= 15 is 0 Å². The van der Waals surface area contributed by atoms with E-state index in [1.165, 1.54) is 29.2 Å². The second-order valence-corrected chi connectivity index (χ2v) is 7.57. The summed E-state index contributed by atoms with van der Waals surface area (Å²) in [7, 11) is 0. The Morgan fingerprint density at radius 1 is 1.18 bits per heavy atom. The van der Waals surface area contributed by atoms with Crippen LogP contribution in [-0.2, 0) is 17.5 Å². The molecule has 0 aliphatic carbocycles. The van der Waals surface area contributed by atoms with Gasteiger partial charge in [-0.3, -0.25) is 9.69 Å². The van der Waals surface area contributed by atoms with Crippen LogP contribution in [0.25, 0.3) is 6.08 Å². The summed E-state index contributed by atoms with van der Waals surface area (Å²) < 4.78 is 38.8. The van der Waals surface area contributed by atoms with Crippen molar-refractivity contribution in [1.82, 2.24) is 4.90 Å². The highest BCUT2D eigenvalue weighted by Crippen LogP contribution is 2.35. The van der Waals surface area contributed by atoms with Gasteiger partial charge in [0.05, 0.1) is 22.6 Å². The second-order valence-electron chi connectivity index (χ2n) is 5.89. The highest BCUT2D eigenvalue weighted by Gasteiger charge is 2.33. The number of hydrogen-bond donors (Lipinski definition) is 1. The first-order valence-electron chi connectivity index (χ1n) is 7.90. The molecule has 1 N–H and O–H groups in total. The first-order chi connectivity index (χ1) is 13.1. The van der Waals surface area contributed by atoms with Crippen molar-refractivity contribution in [2.24, 2.45) is 0 Å². The number of thioether (sulfide) groups is 1. The Labute approximate surface area is 167 Å². The first kappa shape index (κ1) is 20.1. The van der Waals surface area contributed by atoms with E-state index in [0.717, 1.165) is 23.9 Å². The fourth-order valence-electron chi connectivity index (χ4n) is 2.54. The SMILES string of the molecule is O=C(O)c1ccc(/C=C2/SC(=S)N(Cc3cccc(C(F)(F)F)c3)C2=O)cc1. The van der Waals surface area contributed by atoms with Gasteiger partial charge in [-0.25, -0.2) is 4.79 Å². The lowest BCUT2D eigenvalue weighted by Crippen LogP contribution is -2.27. The molecule has 4 nitrogen and oxygen atoms in total. The Bertz CT molecular complexity index is 985. The molecule has 9 heteroatoms. The minimum absolute atomic E-state index is 0.0656. The van der Waals surface area contributed by atoms with Gasteiger partial charge in [-0.2, -0.15) is 13.2 Å². The number of aromatic carboxylic acids is 1. The number of carboxylic acid groups (broad SMARTS) is 1. The summed E-state index contributed by atoms with van der Waals surface area (Å²) in [5, 5.41) is 8.91. The first-order valence-corrected chi connectivity index (χ1v) is 9.12. The van der Waals surface area contributed by atoms with Crippen LogP contribution in [0.4, 0.5) is 13.2 Å². The Hall–Kier alpha value is -2.65. The van der Waals surface area contributed by atoms with Crippen molar-refractivity contribution in [2.75, 3.05) is 0 Å². The van der Waals surface area contributed by atoms with Gasteiger partial charge < -0.3 is 5.11 Å². The molecule has 3 rings (SSSR count). The molecule has 0 bridgehead atoms. The van der Waals surface area contributed by atoms with Crippen LogP contribution in [0.15, 0.2) is 53.4 Å². The molecule has 2 aromatic rings.